The average Bonchev–Trinajstić information content (AvgIpc) is 3.06. The number of amides is 1. The van der Waals surface area contributed by atoms with Crippen LogP contribution < -0.4 is 10.0 Å². The average molecular weight is 353 g/mol. The Morgan fingerprint density at radius 2 is 1.79 bits per heavy atom. The predicted molar refractivity (Wildman–Crippen MR) is 94.1 cm³/mol. The summed E-state index contributed by atoms with van der Waals surface area (Å²) in [6, 6.07) is 7.25. The van der Waals surface area contributed by atoms with E-state index < -0.39 is 16.1 Å². The zero-order valence-electron chi connectivity index (χ0n) is 14.4. The van der Waals surface area contributed by atoms with Gasteiger partial charge in [-0.05, 0) is 50.9 Å². The Balaban J connectivity index is 1.79. The van der Waals surface area contributed by atoms with E-state index in [-0.39, 0.29) is 10.8 Å². The third-order valence-electron chi connectivity index (χ3n) is 4.17. The van der Waals surface area contributed by atoms with Crippen LogP contribution in [0.3, 0.4) is 0 Å². The van der Waals surface area contributed by atoms with Crippen molar-refractivity contribution in [2.75, 3.05) is 26.2 Å². The van der Waals surface area contributed by atoms with Gasteiger partial charge in [0.25, 0.3) is 0 Å². The third-order valence-corrected chi connectivity index (χ3v) is 5.73. The largest absolute Gasteiger partial charge is 0.354 e. The van der Waals surface area contributed by atoms with E-state index in [1.807, 2.05) is 0 Å². The Morgan fingerprint density at radius 1 is 1.17 bits per heavy atom. The van der Waals surface area contributed by atoms with E-state index in [2.05, 4.69) is 21.9 Å². The standard InChI is InChI=1S/C17H27N3O3S/c1-14(13-20-10-6-7-11-20)12-18-17(21)15(2)19-24(22,23)16-8-4-3-5-9-16/h3-5,8-9,14-15,19H,6-7,10-13H2,1-2H3,(H,18,21)/t14?,15-/m0/s1. The van der Waals surface area contributed by atoms with Crippen LogP contribution in [0.15, 0.2) is 35.2 Å². The Hall–Kier alpha value is -1.44. The summed E-state index contributed by atoms with van der Waals surface area (Å²) in [6.45, 7) is 7.42. The molecule has 0 bridgehead atoms. The first-order valence-electron chi connectivity index (χ1n) is 8.46. The summed E-state index contributed by atoms with van der Waals surface area (Å²) >= 11 is 0. The fourth-order valence-electron chi connectivity index (χ4n) is 2.85. The third kappa shape index (κ3) is 5.58. The number of nitrogens with one attached hydrogen (secondary N) is 2. The van der Waals surface area contributed by atoms with Crippen molar-refractivity contribution < 1.29 is 13.2 Å². The van der Waals surface area contributed by atoms with Crippen molar-refractivity contribution in [3.05, 3.63) is 30.3 Å². The lowest BCUT2D eigenvalue weighted by Gasteiger charge is -2.21. The molecule has 2 rings (SSSR count). The van der Waals surface area contributed by atoms with Crippen molar-refractivity contribution in [3.63, 3.8) is 0 Å². The smallest absolute Gasteiger partial charge is 0.241 e. The first kappa shape index (κ1) is 18.9. The van der Waals surface area contributed by atoms with Gasteiger partial charge in [-0.1, -0.05) is 25.1 Å². The SMILES string of the molecule is CC(CNC(=O)[C@H](C)NS(=O)(=O)c1ccccc1)CN1CCCC1. The maximum atomic E-state index is 12.2. The number of sulfonamides is 1. The minimum absolute atomic E-state index is 0.159. The van der Waals surface area contributed by atoms with E-state index in [4.69, 9.17) is 0 Å². The van der Waals surface area contributed by atoms with E-state index in [0.29, 0.717) is 12.5 Å². The molecule has 7 heteroatoms. The van der Waals surface area contributed by atoms with Gasteiger partial charge in [-0.25, -0.2) is 8.42 Å². The van der Waals surface area contributed by atoms with Crippen LogP contribution in [-0.2, 0) is 14.8 Å². The highest BCUT2D eigenvalue weighted by Gasteiger charge is 2.22. The predicted octanol–water partition coefficient (Wildman–Crippen LogP) is 1.20. The second kappa shape index (κ2) is 8.60. The van der Waals surface area contributed by atoms with Crippen LogP contribution in [-0.4, -0.2) is 51.4 Å². The molecule has 0 aromatic heterocycles. The lowest BCUT2D eigenvalue weighted by Crippen LogP contribution is -2.46. The number of rotatable bonds is 8. The Labute approximate surface area is 144 Å². The maximum Gasteiger partial charge on any atom is 0.241 e. The van der Waals surface area contributed by atoms with Crippen molar-refractivity contribution in [2.24, 2.45) is 5.92 Å². The molecule has 1 aromatic rings. The molecule has 1 amide bonds. The molecule has 134 valence electrons. The van der Waals surface area contributed by atoms with Crippen LogP contribution in [0, 0.1) is 5.92 Å². The molecule has 6 nitrogen and oxygen atoms in total. The van der Waals surface area contributed by atoms with E-state index in [0.717, 1.165) is 19.6 Å². The number of hydrogen-bond donors (Lipinski definition) is 2. The number of likely N-dealkylation sites (tertiary alicyclic amines) is 1. The monoisotopic (exact) mass is 353 g/mol. The highest BCUT2D eigenvalue weighted by molar-refractivity contribution is 7.89. The van der Waals surface area contributed by atoms with Crippen molar-refractivity contribution in [2.45, 2.75) is 37.6 Å². The number of hydrogen-bond acceptors (Lipinski definition) is 4. The summed E-state index contributed by atoms with van der Waals surface area (Å²) in [5.41, 5.74) is 0. The van der Waals surface area contributed by atoms with Gasteiger partial charge in [0.1, 0.15) is 0 Å². The van der Waals surface area contributed by atoms with Gasteiger partial charge in [-0.2, -0.15) is 4.72 Å². The summed E-state index contributed by atoms with van der Waals surface area (Å²) in [4.78, 5) is 14.7. The van der Waals surface area contributed by atoms with Gasteiger partial charge in [0.05, 0.1) is 10.9 Å². The Morgan fingerprint density at radius 3 is 2.42 bits per heavy atom. The van der Waals surface area contributed by atoms with E-state index in [1.165, 1.54) is 25.0 Å². The first-order chi connectivity index (χ1) is 11.4. The lowest BCUT2D eigenvalue weighted by molar-refractivity contribution is -0.122. The Bertz CT molecular complexity index is 628. The second-order valence-electron chi connectivity index (χ2n) is 6.51. The molecule has 2 atom stereocenters. The van der Waals surface area contributed by atoms with Gasteiger partial charge in [-0.3, -0.25) is 4.79 Å². The van der Waals surface area contributed by atoms with Crippen LogP contribution in [0.5, 0.6) is 0 Å². The van der Waals surface area contributed by atoms with E-state index in [9.17, 15) is 13.2 Å². The van der Waals surface area contributed by atoms with Gasteiger partial charge in [-0.15, -0.1) is 0 Å². The van der Waals surface area contributed by atoms with Crippen molar-refractivity contribution in [1.82, 2.24) is 14.9 Å². The van der Waals surface area contributed by atoms with E-state index in [1.54, 1.807) is 25.1 Å². The molecule has 1 saturated heterocycles. The van der Waals surface area contributed by atoms with Crippen molar-refractivity contribution in [1.29, 1.82) is 0 Å². The van der Waals surface area contributed by atoms with Crippen LogP contribution >= 0.6 is 0 Å². The van der Waals surface area contributed by atoms with Crippen LogP contribution in [0.1, 0.15) is 26.7 Å². The molecule has 0 aliphatic carbocycles. The lowest BCUT2D eigenvalue weighted by atomic mass is 10.1. The van der Waals surface area contributed by atoms with Gasteiger partial charge >= 0.3 is 0 Å². The van der Waals surface area contributed by atoms with Crippen molar-refractivity contribution >= 4 is 15.9 Å². The summed E-state index contributed by atoms with van der Waals surface area (Å²) in [5.74, 6) is 0.0350. The summed E-state index contributed by atoms with van der Waals surface area (Å²) in [6.07, 6.45) is 2.49. The van der Waals surface area contributed by atoms with Gasteiger partial charge in [0, 0.05) is 13.1 Å². The molecule has 0 radical (unpaired) electrons. The topological polar surface area (TPSA) is 78.5 Å². The van der Waals surface area contributed by atoms with E-state index >= 15 is 0 Å². The second-order valence-corrected chi connectivity index (χ2v) is 8.23. The first-order valence-corrected chi connectivity index (χ1v) is 9.94. The quantitative estimate of drug-likeness (QED) is 0.736. The summed E-state index contributed by atoms with van der Waals surface area (Å²) in [5, 5.41) is 2.84. The molecule has 0 spiro atoms. The molecule has 0 saturated carbocycles. The van der Waals surface area contributed by atoms with Gasteiger partial charge < -0.3 is 10.2 Å². The molecule has 1 heterocycles. The molecule has 1 aliphatic heterocycles. The number of benzene rings is 1. The molecule has 24 heavy (non-hydrogen) atoms. The minimum Gasteiger partial charge on any atom is -0.354 e. The number of carbonyl (C=O) groups is 1. The number of nitrogens with zero attached hydrogens (tertiary/aromatic N) is 1. The maximum absolute atomic E-state index is 12.2. The molecular formula is C17H27N3O3S. The molecule has 1 unspecified atom stereocenters. The van der Waals surface area contributed by atoms with Gasteiger partial charge in [0.15, 0.2) is 0 Å². The zero-order chi connectivity index (χ0) is 17.6. The molecule has 2 N–H and O–H groups in total. The Kier molecular flexibility index (Phi) is 6.77. The molecular weight excluding hydrogens is 326 g/mol. The number of carbonyl (C=O) groups excluding carboxylic acids is 1. The molecule has 1 aromatic carbocycles. The zero-order valence-corrected chi connectivity index (χ0v) is 15.2. The fraction of sp³-hybridized carbons (Fsp3) is 0.588. The summed E-state index contributed by atoms with van der Waals surface area (Å²) in [7, 11) is -3.68. The van der Waals surface area contributed by atoms with Crippen LogP contribution in [0.4, 0.5) is 0 Å². The van der Waals surface area contributed by atoms with Crippen LogP contribution in [0.25, 0.3) is 0 Å². The summed E-state index contributed by atoms with van der Waals surface area (Å²) < 4.78 is 26.9. The highest BCUT2D eigenvalue weighted by Crippen LogP contribution is 2.10. The molecule has 1 fully saturated rings. The molecule has 1 aliphatic rings. The minimum atomic E-state index is -3.68. The fourth-order valence-corrected chi connectivity index (χ4v) is 4.08. The normalized spacial score (nSPS) is 18.2. The van der Waals surface area contributed by atoms with Crippen molar-refractivity contribution in [3.8, 4) is 0 Å². The van der Waals surface area contributed by atoms with Crippen LogP contribution in [0.2, 0.25) is 0 Å². The highest BCUT2D eigenvalue weighted by atomic mass is 32.2. The van der Waals surface area contributed by atoms with Gasteiger partial charge in [0.2, 0.25) is 15.9 Å².